The van der Waals surface area contributed by atoms with Gasteiger partial charge in [0.1, 0.15) is 6.10 Å². The van der Waals surface area contributed by atoms with Gasteiger partial charge in [-0.2, -0.15) is 4.98 Å². The van der Waals surface area contributed by atoms with Gasteiger partial charge in [-0.05, 0) is 32.7 Å². The maximum absolute atomic E-state index is 5.51. The molecule has 0 saturated heterocycles. The summed E-state index contributed by atoms with van der Waals surface area (Å²) in [5.41, 5.74) is 5.42. The molecule has 1 unspecified atom stereocenters. The van der Waals surface area contributed by atoms with E-state index in [0.717, 1.165) is 25.7 Å². The van der Waals surface area contributed by atoms with Crippen molar-refractivity contribution in [2.24, 2.45) is 5.73 Å². The molecule has 92 valence electrons. The average Bonchev–Trinajstić information content (AvgIpc) is 2.75. The van der Waals surface area contributed by atoms with Crippen LogP contribution in [0.4, 0.5) is 0 Å². The van der Waals surface area contributed by atoms with Crippen LogP contribution in [0.2, 0.25) is 0 Å². The highest BCUT2D eigenvalue weighted by atomic mass is 16.5. The van der Waals surface area contributed by atoms with Gasteiger partial charge in [-0.25, -0.2) is 0 Å². The summed E-state index contributed by atoms with van der Waals surface area (Å²) in [6.07, 6.45) is 3.59. The predicted molar refractivity (Wildman–Crippen MR) is 60.9 cm³/mol. The molecular weight excluding hydrogens is 206 g/mol. The minimum absolute atomic E-state index is 0.0444. The first kappa shape index (κ1) is 13.1. The van der Waals surface area contributed by atoms with Gasteiger partial charge in [-0.15, -0.1) is 0 Å². The van der Waals surface area contributed by atoms with Crippen molar-refractivity contribution in [3.05, 3.63) is 11.7 Å². The Morgan fingerprint density at radius 2 is 2.19 bits per heavy atom. The zero-order valence-corrected chi connectivity index (χ0v) is 10.1. The Bertz CT molecular complexity index is 289. The molecular formula is C11H21N3O2. The monoisotopic (exact) mass is 227 g/mol. The molecule has 1 atom stereocenters. The fraction of sp³-hybridized carbons (Fsp3) is 0.818. The van der Waals surface area contributed by atoms with Gasteiger partial charge < -0.3 is 15.0 Å². The first-order valence-electron chi connectivity index (χ1n) is 5.95. The first-order chi connectivity index (χ1) is 7.81. The molecule has 16 heavy (non-hydrogen) atoms. The third-order valence-corrected chi connectivity index (χ3v) is 2.36. The van der Waals surface area contributed by atoms with E-state index in [-0.39, 0.29) is 6.10 Å². The van der Waals surface area contributed by atoms with E-state index < -0.39 is 0 Å². The van der Waals surface area contributed by atoms with E-state index in [0.29, 0.717) is 24.9 Å². The largest absolute Gasteiger partial charge is 0.370 e. The van der Waals surface area contributed by atoms with E-state index >= 15 is 0 Å². The van der Waals surface area contributed by atoms with Gasteiger partial charge in [0.2, 0.25) is 11.7 Å². The van der Waals surface area contributed by atoms with Crippen molar-refractivity contribution in [2.75, 3.05) is 13.2 Å². The normalized spacial score (nSPS) is 12.9. The van der Waals surface area contributed by atoms with E-state index in [2.05, 4.69) is 10.1 Å². The summed E-state index contributed by atoms with van der Waals surface area (Å²) in [5.74, 6) is 1.34. The van der Waals surface area contributed by atoms with Gasteiger partial charge in [-0.3, -0.25) is 0 Å². The highest BCUT2D eigenvalue weighted by Crippen LogP contribution is 2.18. The van der Waals surface area contributed by atoms with Crippen molar-refractivity contribution in [2.45, 2.75) is 45.6 Å². The molecule has 5 nitrogen and oxygen atoms in total. The van der Waals surface area contributed by atoms with Crippen molar-refractivity contribution in [1.29, 1.82) is 0 Å². The summed E-state index contributed by atoms with van der Waals surface area (Å²) in [6.45, 7) is 5.38. The number of hydrogen-bond acceptors (Lipinski definition) is 5. The summed E-state index contributed by atoms with van der Waals surface area (Å²) >= 11 is 0. The summed E-state index contributed by atoms with van der Waals surface area (Å²) in [4.78, 5) is 4.33. The Morgan fingerprint density at radius 1 is 1.38 bits per heavy atom. The lowest BCUT2D eigenvalue weighted by Crippen LogP contribution is -2.05. The quantitative estimate of drug-likeness (QED) is 0.686. The van der Waals surface area contributed by atoms with E-state index in [4.69, 9.17) is 15.0 Å². The molecule has 0 fully saturated rings. The Balaban J connectivity index is 2.48. The first-order valence-corrected chi connectivity index (χ1v) is 5.95. The Hall–Kier alpha value is -0.940. The van der Waals surface area contributed by atoms with Crippen LogP contribution in [0.5, 0.6) is 0 Å². The topological polar surface area (TPSA) is 74.2 Å². The molecule has 0 bridgehead atoms. The smallest absolute Gasteiger partial charge is 0.226 e. The van der Waals surface area contributed by atoms with Gasteiger partial charge in [0.05, 0.1) is 0 Å². The van der Waals surface area contributed by atoms with E-state index in [1.807, 2.05) is 13.8 Å². The van der Waals surface area contributed by atoms with Gasteiger partial charge in [0.25, 0.3) is 0 Å². The molecule has 1 rings (SSSR count). The lowest BCUT2D eigenvalue weighted by atomic mass is 10.2. The van der Waals surface area contributed by atoms with Crippen molar-refractivity contribution in [1.82, 2.24) is 10.1 Å². The maximum atomic E-state index is 5.51. The second-order valence-electron chi connectivity index (χ2n) is 3.64. The average molecular weight is 227 g/mol. The highest BCUT2D eigenvalue weighted by molar-refractivity contribution is 4.91. The summed E-state index contributed by atoms with van der Waals surface area (Å²) < 4.78 is 10.7. The number of aryl methyl sites for hydroxylation is 1. The number of unbranched alkanes of at least 4 members (excludes halogenated alkanes) is 1. The minimum atomic E-state index is -0.0444. The Labute approximate surface area is 96.4 Å². The van der Waals surface area contributed by atoms with Crippen LogP contribution in [0.15, 0.2) is 4.52 Å². The molecule has 2 N–H and O–H groups in total. The van der Waals surface area contributed by atoms with Crippen LogP contribution >= 0.6 is 0 Å². The van der Waals surface area contributed by atoms with E-state index in [1.54, 1.807) is 0 Å². The van der Waals surface area contributed by atoms with Crippen LogP contribution in [-0.4, -0.2) is 23.3 Å². The fourth-order valence-corrected chi connectivity index (χ4v) is 1.50. The summed E-state index contributed by atoms with van der Waals surface area (Å²) in [5, 5.41) is 3.94. The van der Waals surface area contributed by atoms with Crippen molar-refractivity contribution < 1.29 is 9.26 Å². The molecule has 0 saturated carbocycles. The third kappa shape index (κ3) is 3.90. The number of nitrogens with two attached hydrogens (primary N) is 1. The molecule has 0 aliphatic carbocycles. The van der Waals surface area contributed by atoms with Gasteiger partial charge in [-0.1, -0.05) is 12.1 Å². The molecule has 1 aromatic rings. The molecule has 1 heterocycles. The van der Waals surface area contributed by atoms with Gasteiger partial charge >= 0.3 is 0 Å². The van der Waals surface area contributed by atoms with Crippen molar-refractivity contribution >= 4 is 0 Å². The lowest BCUT2D eigenvalue weighted by molar-refractivity contribution is 0.0518. The highest BCUT2D eigenvalue weighted by Gasteiger charge is 2.16. The maximum Gasteiger partial charge on any atom is 0.226 e. The lowest BCUT2D eigenvalue weighted by Gasteiger charge is -2.09. The van der Waals surface area contributed by atoms with E-state index in [1.165, 1.54) is 0 Å². The predicted octanol–water partition coefficient (Wildman–Crippen LogP) is 1.84. The molecule has 0 amide bonds. The molecule has 0 radical (unpaired) electrons. The zero-order chi connectivity index (χ0) is 11.8. The summed E-state index contributed by atoms with van der Waals surface area (Å²) in [6, 6.07) is 0. The number of rotatable bonds is 8. The number of nitrogens with zero attached hydrogens (tertiary/aromatic N) is 2. The standard InChI is InChI=1S/C11H21N3O2/c1-3-9(15-4-2)11-13-10(16-14-11)7-5-6-8-12/h9H,3-8,12H2,1-2H3. The minimum Gasteiger partial charge on any atom is -0.370 e. The Kier molecular flexibility index (Phi) is 6.03. The van der Waals surface area contributed by atoms with Crippen molar-refractivity contribution in [3.8, 4) is 0 Å². The van der Waals surface area contributed by atoms with Gasteiger partial charge in [0, 0.05) is 13.0 Å². The van der Waals surface area contributed by atoms with Crippen LogP contribution in [0, 0.1) is 0 Å². The van der Waals surface area contributed by atoms with Gasteiger partial charge in [0.15, 0.2) is 0 Å². The van der Waals surface area contributed by atoms with E-state index in [9.17, 15) is 0 Å². The fourth-order valence-electron chi connectivity index (χ4n) is 1.50. The van der Waals surface area contributed by atoms with Crippen LogP contribution in [0.1, 0.15) is 50.9 Å². The third-order valence-electron chi connectivity index (χ3n) is 2.36. The van der Waals surface area contributed by atoms with Crippen LogP contribution in [0.25, 0.3) is 0 Å². The van der Waals surface area contributed by atoms with Crippen LogP contribution in [0.3, 0.4) is 0 Å². The molecule has 1 aromatic heterocycles. The zero-order valence-electron chi connectivity index (χ0n) is 10.1. The number of aromatic nitrogens is 2. The second-order valence-corrected chi connectivity index (χ2v) is 3.64. The molecule has 5 heteroatoms. The number of hydrogen-bond donors (Lipinski definition) is 1. The number of ether oxygens (including phenoxy) is 1. The van der Waals surface area contributed by atoms with Crippen LogP contribution in [-0.2, 0) is 11.2 Å². The van der Waals surface area contributed by atoms with Crippen LogP contribution < -0.4 is 5.73 Å². The Morgan fingerprint density at radius 3 is 2.81 bits per heavy atom. The molecule has 0 aliphatic rings. The molecule has 0 aliphatic heterocycles. The molecule has 0 spiro atoms. The van der Waals surface area contributed by atoms with Crippen molar-refractivity contribution in [3.63, 3.8) is 0 Å². The molecule has 0 aromatic carbocycles. The SMILES string of the molecule is CCOC(CC)c1noc(CCCCN)n1. The summed E-state index contributed by atoms with van der Waals surface area (Å²) in [7, 11) is 0. The second kappa shape index (κ2) is 7.35.